The van der Waals surface area contributed by atoms with Gasteiger partial charge in [0.05, 0.1) is 4.90 Å². The van der Waals surface area contributed by atoms with Gasteiger partial charge in [-0.25, -0.2) is 8.42 Å². The molecule has 0 aliphatic rings. The minimum Gasteiger partial charge on any atom is -0.454 e. The highest BCUT2D eigenvalue weighted by atomic mass is 35.5. The Hall–Kier alpha value is -1.29. The zero-order chi connectivity index (χ0) is 19.0. The van der Waals surface area contributed by atoms with Crippen molar-refractivity contribution in [2.24, 2.45) is 0 Å². The molecule has 10 heteroatoms. The Kier molecular flexibility index (Phi) is 8.70. The molecule has 0 radical (unpaired) electrons. The highest BCUT2D eigenvalue weighted by Gasteiger charge is 2.27. The summed E-state index contributed by atoms with van der Waals surface area (Å²) in [5, 5.41) is 0.402. The van der Waals surface area contributed by atoms with Crippen LogP contribution >= 0.6 is 23.4 Å². The van der Waals surface area contributed by atoms with Crippen LogP contribution in [-0.2, 0) is 24.3 Å². The predicted molar refractivity (Wildman–Crippen MR) is 98.2 cm³/mol. The topological polar surface area (TPSA) is 92.8 Å². The molecule has 1 amide bonds. The van der Waals surface area contributed by atoms with E-state index in [0.29, 0.717) is 10.8 Å². The molecule has 0 aliphatic heterocycles. The van der Waals surface area contributed by atoms with Crippen molar-refractivity contribution in [3.63, 3.8) is 0 Å². The Bertz CT molecular complexity index is 692. The molecule has 0 bridgehead atoms. The van der Waals surface area contributed by atoms with Gasteiger partial charge in [0.2, 0.25) is 10.0 Å². The summed E-state index contributed by atoms with van der Waals surface area (Å²) in [6.45, 7) is -0.440. The van der Waals surface area contributed by atoms with Crippen molar-refractivity contribution in [2.75, 3.05) is 32.7 Å². The minimum absolute atomic E-state index is 0.0109. The molecule has 0 saturated carbocycles. The molecule has 0 fully saturated rings. The Balaban J connectivity index is 2.85. The SMILES string of the molecule is CSCC[C@@H](NS(=O)(=O)c1ccc(Cl)cc1)C(=O)OCC(=O)N(C)C. The summed E-state index contributed by atoms with van der Waals surface area (Å²) >= 11 is 7.22. The number of ether oxygens (including phenoxy) is 1. The van der Waals surface area contributed by atoms with Crippen LogP contribution < -0.4 is 4.72 Å². The van der Waals surface area contributed by atoms with Crippen molar-refractivity contribution in [3.05, 3.63) is 29.3 Å². The molecule has 1 rings (SSSR count). The number of nitrogens with one attached hydrogen (secondary N) is 1. The highest BCUT2D eigenvalue weighted by molar-refractivity contribution is 7.98. The molecule has 1 atom stereocenters. The summed E-state index contributed by atoms with van der Waals surface area (Å²) in [5.41, 5.74) is 0. The van der Waals surface area contributed by atoms with E-state index < -0.39 is 34.5 Å². The second kappa shape index (κ2) is 10.0. The number of carbonyl (C=O) groups excluding carboxylic acids is 2. The summed E-state index contributed by atoms with van der Waals surface area (Å²) in [5.74, 6) is -0.635. The van der Waals surface area contributed by atoms with E-state index in [1.54, 1.807) is 0 Å². The molecule has 1 N–H and O–H groups in total. The van der Waals surface area contributed by atoms with Crippen LogP contribution in [0.4, 0.5) is 0 Å². The largest absolute Gasteiger partial charge is 0.454 e. The predicted octanol–water partition coefficient (Wildman–Crippen LogP) is 1.37. The molecule has 0 aromatic heterocycles. The monoisotopic (exact) mass is 408 g/mol. The van der Waals surface area contributed by atoms with Gasteiger partial charge in [0.25, 0.3) is 5.91 Å². The number of benzene rings is 1. The van der Waals surface area contributed by atoms with Crippen LogP contribution in [0, 0.1) is 0 Å². The summed E-state index contributed by atoms with van der Waals surface area (Å²) < 4.78 is 32.1. The lowest BCUT2D eigenvalue weighted by Crippen LogP contribution is -2.43. The van der Waals surface area contributed by atoms with Crippen molar-refractivity contribution in [3.8, 4) is 0 Å². The average molecular weight is 409 g/mol. The van der Waals surface area contributed by atoms with Crippen LogP contribution in [0.25, 0.3) is 0 Å². The van der Waals surface area contributed by atoms with Crippen molar-refractivity contribution in [1.82, 2.24) is 9.62 Å². The summed E-state index contributed by atoms with van der Waals surface area (Å²) in [7, 11) is -0.856. The first kappa shape index (κ1) is 21.8. The average Bonchev–Trinajstić information content (AvgIpc) is 2.56. The van der Waals surface area contributed by atoms with Crippen LogP contribution in [0.3, 0.4) is 0 Å². The van der Waals surface area contributed by atoms with Crippen LogP contribution in [0.2, 0.25) is 5.02 Å². The molecular formula is C15H21ClN2O5S2. The van der Waals surface area contributed by atoms with Gasteiger partial charge in [-0.2, -0.15) is 16.5 Å². The number of likely N-dealkylation sites (N-methyl/N-ethyl adjacent to an activating group) is 1. The number of hydrogen-bond donors (Lipinski definition) is 1. The fraction of sp³-hybridized carbons (Fsp3) is 0.467. The Morgan fingerprint density at radius 3 is 2.40 bits per heavy atom. The van der Waals surface area contributed by atoms with Gasteiger partial charge >= 0.3 is 5.97 Å². The van der Waals surface area contributed by atoms with Crippen LogP contribution in [-0.4, -0.2) is 63.9 Å². The molecule has 1 aromatic rings. The Morgan fingerprint density at radius 2 is 1.88 bits per heavy atom. The van der Waals surface area contributed by atoms with Gasteiger partial charge in [0.1, 0.15) is 6.04 Å². The molecule has 7 nitrogen and oxygen atoms in total. The molecular weight excluding hydrogens is 388 g/mol. The van der Waals surface area contributed by atoms with Gasteiger partial charge in [-0.15, -0.1) is 0 Å². The normalized spacial score (nSPS) is 12.5. The van der Waals surface area contributed by atoms with E-state index in [1.165, 1.54) is 55.0 Å². The number of rotatable bonds is 9. The first-order chi connectivity index (χ1) is 11.7. The van der Waals surface area contributed by atoms with Crippen molar-refractivity contribution < 1.29 is 22.7 Å². The molecule has 0 saturated heterocycles. The maximum Gasteiger partial charge on any atom is 0.324 e. The molecule has 0 spiro atoms. The van der Waals surface area contributed by atoms with Crippen molar-refractivity contribution in [1.29, 1.82) is 0 Å². The van der Waals surface area contributed by atoms with Gasteiger partial charge in [0.15, 0.2) is 6.61 Å². The number of amides is 1. The molecule has 140 valence electrons. The second-order valence-electron chi connectivity index (χ2n) is 5.31. The van der Waals surface area contributed by atoms with E-state index in [-0.39, 0.29) is 11.3 Å². The zero-order valence-corrected chi connectivity index (χ0v) is 16.6. The van der Waals surface area contributed by atoms with Crippen LogP contribution in [0.5, 0.6) is 0 Å². The standard InChI is InChI=1S/C15H21ClN2O5S2/c1-18(2)14(19)10-23-15(20)13(8-9-24-3)17-25(21,22)12-6-4-11(16)5-7-12/h4-7,13,17H,8-10H2,1-3H3/t13-/m1/s1. The number of esters is 1. The fourth-order valence-corrected chi connectivity index (χ4v) is 3.51. The number of halogens is 1. The highest BCUT2D eigenvalue weighted by Crippen LogP contribution is 2.15. The number of hydrogen-bond acceptors (Lipinski definition) is 6. The van der Waals surface area contributed by atoms with Crippen LogP contribution in [0.15, 0.2) is 29.2 Å². The molecule has 0 heterocycles. The van der Waals surface area contributed by atoms with Crippen LogP contribution in [0.1, 0.15) is 6.42 Å². The van der Waals surface area contributed by atoms with Gasteiger partial charge in [0, 0.05) is 19.1 Å². The number of sulfonamides is 1. The molecule has 0 unspecified atom stereocenters. The van der Waals surface area contributed by atoms with Gasteiger partial charge in [-0.1, -0.05) is 11.6 Å². The summed E-state index contributed by atoms with van der Waals surface area (Å²) in [4.78, 5) is 25.0. The fourth-order valence-electron chi connectivity index (χ4n) is 1.69. The van der Waals surface area contributed by atoms with Crippen molar-refractivity contribution in [2.45, 2.75) is 17.4 Å². The van der Waals surface area contributed by atoms with Crippen molar-refractivity contribution >= 4 is 45.3 Å². The van der Waals surface area contributed by atoms with E-state index in [9.17, 15) is 18.0 Å². The maximum absolute atomic E-state index is 12.4. The quantitative estimate of drug-likeness (QED) is 0.620. The first-order valence-corrected chi connectivity index (χ1v) is 10.6. The zero-order valence-electron chi connectivity index (χ0n) is 14.2. The number of carbonyl (C=O) groups is 2. The Labute approximate surface area is 157 Å². The minimum atomic E-state index is -3.92. The smallest absolute Gasteiger partial charge is 0.324 e. The lowest BCUT2D eigenvalue weighted by atomic mass is 10.2. The number of thioether (sulfide) groups is 1. The second-order valence-corrected chi connectivity index (χ2v) is 8.44. The number of nitrogens with zero attached hydrogens (tertiary/aromatic N) is 1. The van der Waals surface area contributed by atoms with Gasteiger partial charge in [-0.3, -0.25) is 9.59 Å². The molecule has 0 aliphatic carbocycles. The lowest BCUT2D eigenvalue weighted by Gasteiger charge is -2.18. The maximum atomic E-state index is 12.4. The van der Waals surface area contributed by atoms with E-state index in [2.05, 4.69) is 4.72 Å². The third-order valence-corrected chi connectivity index (χ3v) is 5.54. The third kappa shape index (κ3) is 7.23. The van der Waals surface area contributed by atoms with Gasteiger partial charge in [-0.05, 0) is 42.7 Å². The molecule has 25 heavy (non-hydrogen) atoms. The van der Waals surface area contributed by atoms with Gasteiger partial charge < -0.3 is 9.64 Å². The van der Waals surface area contributed by atoms with E-state index >= 15 is 0 Å². The summed E-state index contributed by atoms with van der Waals surface area (Å²) in [6.07, 6.45) is 2.08. The molecule has 1 aromatic carbocycles. The van der Waals surface area contributed by atoms with E-state index in [0.717, 1.165) is 0 Å². The Morgan fingerprint density at radius 1 is 1.28 bits per heavy atom. The first-order valence-electron chi connectivity index (χ1n) is 7.31. The van der Waals surface area contributed by atoms with E-state index in [1.807, 2.05) is 6.26 Å². The summed E-state index contributed by atoms with van der Waals surface area (Å²) in [6, 6.07) is 4.50. The van der Waals surface area contributed by atoms with E-state index in [4.69, 9.17) is 16.3 Å². The lowest BCUT2D eigenvalue weighted by molar-refractivity contribution is -0.152. The third-order valence-electron chi connectivity index (χ3n) is 3.15.